The van der Waals surface area contributed by atoms with Crippen LogP contribution in [0.1, 0.15) is 11.3 Å². The van der Waals surface area contributed by atoms with E-state index in [0.717, 1.165) is 18.8 Å². The molecule has 2 nitrogen and oxygen atoms in total. The van der Waals surface area contributed by atoms with E-state index < -0.39 is 0 Å². The van der Waals surface area contributed by atoms with Crippen molar-refractivity contribution in [3.63, 3.8) is 0 Å². The zero-order valence-electron chi connectivity index (χ0n) is 7.36. The molecular weight excluding hydrogens is 162 g/mol. The van der Waals surface area contributed by atoms with Crippen molar-refractivity contribution < 1.29 is 4.42 Å². The minimum Gasteiger partial charge on any atom is -0.468 e. The Bertz CT molecular complexity index is 287. The van der Waals surface area contributed by atoms with Gasteiger partial charge in [-0.2, -0.15) is 23.8 Å². The zero-order valence-corrected chi connectivity index (χ0v) is 7.36. The van der Waals surface area contributed by atoms with Crippen LogP contribution in [0.15, 0.2) is 47.1 Å². The van der Waals surface area contributed by atoms with Gasteiger partial charge in [-0.15, -0.1) is 0 Å². The molecule has 13 heavy (non-hydrogen) atoms. The van der Waals surface area contributed by atoms with Crippen LogP contribution in [0.2, 0.25) is 0 Å². The molecule has 1 aromatic carbocycles. The quantitative estimate of drug-likeness (QED) is 0.719. The SMILES string of the molecule is c1coc(CNCc2cc[cH-]c2)c1. The molecule has 0 aliphatic heterocycles. The van der Waals surface area contributed by atoms with Gasteiger partial charge in [-0.05, 0) is 18.7 Å². The monoisotopic (exact) mass is 174 g/mol. The first-order chi connectivity index (χ1) is 6.45. The molecule has 1 heterocycles. The predicted molar refractivity (Wildman–Crippen MR) is 51.3 cm³/mol. The molecule has 68 valence electrons. The smallest absolute Gasteiger partial charge is 0.117 e. The van der Waals surface area contributed by atoms with E-state index in [1.165, 1.54) is 5.56 Å². The number of hydrogen-bond acceptors (Lipinski definition) is 2. The highest BCUT2D eigenvalue weighted by Gasteiger charge is 1.91. The third-order valence-electron chi connectivity index (χ3n) is 1.94. The van der Waals surface area contributed by atoms with Crippen LogP contribution in [0, 0.1) is 0 Å². The largest absolute Gasteiger partial charge is 0.468 e. The predicted octanol–water partition coefficient (Wildman–Crippen LogP) is 2.29. The lowest BCUT2D eigenvalue weighted by atomic mass is 10.3. The molecule has 0 spiro atoms. The molecule has 2 aromatic rings. The van der Waals surface area contributed by atoms with Crippen LogP contribution in [0.5, 0.6) is 0 Å². The second-order valence-corrected chi connectivity index (χ2v) is 2.98. The summed E-state index contributed by atoms with van der Waals surface area (Å²) in [5.41, 5.74) is 1.31. The van der Waals surface area contributed by atoms with Crippen LogP contribution < -0.4 is 5.32 Å². The molecule has 2 rings (SSSR count). The normalized spacial score (nSPS) is 10.5. The molecule has 0 aliphatic carbocycles. The fourth-order valence-electron chi connectivity index (χ4n) is 1.27. The summed E-state index contributed by atoms with van der Waals surface area (Å²) < 4.78 is 5.19. The third kappa shape index (κ3) is 2.26. The van der Waals surface area contributed by atoms with Gasteiger partial charge in [0.15, 0.2) is 0 Å². The minimum absolute atomic E-state index is 0.790. The molecule has 0 radical (unpaired) electrons. The Kier molecular flexibility index (Phi) is 2.53. The summed E-state index contributed by atoms with van der Waals surface area (Å²) in [6.45, 7) is 1.69. The van der Waals surface area contributed by atoms with Gasteiger partial charge >= 0.3 is 0 Å². The molecule has 0 atom stereocenters. The van der Waals surface area contributed by atoms with E-state index in [4.69, 9.17) is 4.42 Å². The first-order valence-electron chi connectivity index (χ1n) is 4.39. The summed E-state index contributed by atoms with van der Waals surface area (Å²) in [4.78, 5) is 0. The molecular formula is C11H12NO-. The lowest BCUT2D eigenvalue weighted by Crippen LogP contribution is -2.11. The summed E-state index contributed by atoms with van der Waals surface area (Å²) in [5, 5.41) is 3.30. The summed E-state index contributed by atoms with van der Waals surface area (Å²) in [7, 11) is 0. The fourth-order valence-corrected chi connectivity index (χ4v) is 1.27. The zero-order chi connectivity index (χ0) is 8.93. The van der Waals surface area contributed by atoms with Gasteiger partial charge in [-0.25, -0.2) is 6.07 Å². The Morgan fingerprint density at radius 2 is 2.31 bits per heavy atom. The maximum Gasteiger partial charge on any atom is 0.117 e. The van der Waals surface area contributed by atoms with Crippen molar-refractivity contribution in [3.8, 4) is 0 Å². The van der Waals surface area contributed by atoms with Crippen LogP contribution in [-0.4, -0.2) is 0 Å². The first kappa shape index (κ1) is 8.20. The number of hydrogen-bond donors (Lipinski definition) is 1. The molecule has 0 aliphatic rings. The molecule has 0 unspecified atom stereocenters. The number of rotatable bonds is 4. The van der Waals surface area contributed by atoms with Gasteiger partial charge in [0, 0.05) is 0 Å². The maximum absolute atomic E-state index is 5.19. The van der Waals surface area contributed by atoms with Crippen molar-refractivity contribution in [1.82, 2.24) is 5.32 Å². The molecule has 0 bridgehead atoms. The molecule has 1 N–H and O–H groups in total. The van der Waals surface area contributed by atoms with E-state index in [1.807, 2.05) is 24.3 Å². The van der Waals surface area contributed by atoms with Gasteiger partial charge in [-0.3, -0.25) is 0 Å². The van der Waals surface area contributed by atoms with E-state index in [9.17, 15) is 0 Å². The summed E-state index contributed by atoms with van der Waals surface area (Å²) in [6, 6.07) is 12.2. The standard InChI is InChI=1S/C11H12NO/c1-2-5-10(4-1)8-12-9-11-6-3-7-13-11/h1-7,12H,8-9H2/q-1. The van der Waals surface area contributed by atoms with Crippen LogP contribution in [-0.2, 0) is 13.1 Å². The minimum atomic E-state index is 0.790. The lowest BCUT2D eigenvalue weighted by molar-refractivity contribution is 0.483. The Balaban J connectivity index is 1.76. The highest BCUT2D eigenvalue weighted by Crippen LogP contribution is 2.01. The number of furan rings is 1. The Hall–Kier alpha value is -1.41. The van der Waals surface area contributed by atoms with Gasteiger partial charge in [0.25, 0.3) is 0 Å². The van der Waals surface area contributed by atoms with Crippen LogP contribution >= 0.6 is 0 Å². The summed E-state index contributed by atoms with van der Waals surface area (Å²) in [6.07, 6.45) is 1.69. The molecule has 1 aromatic heterocycles. The van der Waals surface area contributed by atoms with Gasteiger partial charge in [0.1, 0.15) is 5.76 Å². The molecule has 0 amide bonds. The highest BCUT2D eigenvalue weighted by molar-refractivity contribution is 5.15. The second kappa shape index (κ2) is 4.01. The van der Waals surface area contributed by atoms with Crippen LogP contribution in [0.3, 0.4) is 0 Å². The van der Waals surface area contributed by atoms with Gasteiger partial charge in [-0.1, -0.05) is 0 Å². The van der Waals surface area contributed by atoms with Gasteiger partial charge in [0.05, 0.1) is 12.8 Å². The fraction of sp³-hybridized carbons (Fsp3) is 0.182. The van der Waals surface area contributed by atoms with E-state index in [0.29, 0.717) is 0 Å². The van der Waals surface area contributed by atoms with Gasteiger partial charge < -0.3 is 9.73 Å². The molecule has 0 saturated heterocycles. The van der Waals surface area contributed by atoms with Crippen molar-refractivity contribution in [3.05, 3.63) is 54.0 Å². The van der Waals surface area contributed by atoms with Crippen molar-refractivity contribution in [2.24, 2.45) is 0 Å². The summed E-state index contributed by atoms with van der Waals surface area (Å²) >= 11 is 0. The first-order valence-corrected chi connectivity index (χ1v) is 4.39. The lowest BCUT2D eigenvalue weighted by Gasteiger charge is -2.04. The van der Waals surface area contributed by atoms with Crippen LogP contribution in [0.4, 0.5) is 0 Å². The highest BCUT2D eigenvalue weighted by atomic mass is 16.3. The molecule has 2 heteroatoms. The van der Waals surface area contributed by atoms with Crippen molar-refractivity contribution in [1.29, 1.82) is 0 Å². The summed E-state index contributed by atoms with van der Waals surface area (Å²) in [5.74, 6) is 0.978. The van der Waals surface area contributed by atoms with Crippen molar-refractivity contribution in [2.45, 2.75) is 13.1 Å². The third-order valence-corrected chi connectivity index (χ3v) is 1.94. The molecule has 0 saturated carbocycles. The number of nitrogens with one attached hydrogen (secondary N) is 1. The van der Waals surface area contributed by atoms with E-state index in [-0.39, 0.29) is 0 Å². The Morgan fingerprint density at radius 3 is 3.00 bits per heavy atom. The van der Waals surface area contributed by atoms with Gasteiger partial charge in [0.2, 0.25) is 0 Å². The maximum atomic E-state index is 5.19. The molecule has 0 fully saturated rings. The van der Waals surface area contributed by atoms with E-state index in [2.05, 4.69) is 17.4 Å². The average Bonchev–Trinajstić information content (AvgIpc) is 2.75. The van der Waals surface area contributed by atoms with E-state index >= 15 is 0 Å². The Morgan fingerprint density at radius 1 is 1.31 bits per heavy atom. The van der Waals surface area contributed by atoms with E-state index in [1.54, 1.807) is 6.26 Å². The van der Waals surface area contributed by atoms with Crippen molar-refractivity contribution >= 4 is 0 Å². The van der Waals surface area contributed by atoms with Crippen molar-refractivity contribution in [2.75, 3.05) is 0 Å². The Labute approximate surface area is 77.6 Å². The van der Waals surface area contributed by atoms with Crippen LogP contribution in [0.25, 0.3) is 0 Å². The average molecular weight is 174 g/mol. The topological polar surface area (TPSA) is 25.2 Å². The second-order valence-electron chi connectivity index (χ2n) is 2.98.